The number of likely N-dealkylation sites (N-methyl/N-ethyl adjacent to an activating group) is 1. The molecule has 0 unspecified atom stereocenters. The highest BCUT2D eigenvalue weighted by Gasteiger charge is 2.26. The number of carbonyl (C=O) groups is 2. The second kappa shape index (κ2) is 6.96. The molecular weight excluding hydrogens is 332 g/mol. The van der Waals surface area contributed by atoms with E-state index >= 15 is 0 Å². The van der Waals surface area contributed by atoms with E-state index in [1.807, 2.05) is 50.9 Å². The van der Waals surface area contributed by atoms with Gasteiger partial charge in [-0.1, -0.05) is 6.07 Å². The highest BCUT2D eigenvalue weighted by Crippen LogP contribution is 2.33. The second-order valence-corrected chi connectivity index (χ2v) is 6.82. The van der Waals surface area contributed by atoms with Crippen LogP contribution in [0.5, 0.6) is 11.5 Å². The summed E-state index contributed by atoms with van der Waals surface area (Å²) in [6.07, 6.45) is 0. The summed E-state index contributed by atoms with van der Waals surface area (Å²) >= 11 is 0. The third-order valence-electron chi connectivity index (χ3n) is 4.95. The van der Waals surface area contributed by atoms with Crippen molar-refractivity contribution in [2.45, 2.75) is 40.3 Å². The van der Waals surface area contributed by atoms with Crippen LogP contribution in [0.4, 0.5) is 0 Å². The second-order valence-electron chi connectivity index (χ2n) is 6.82. The molecule has 138 valence electrons. The van der Waals surface area contributed by atoms with E-state index in [2.05, 4.69) is 4.98 Å². The highest BCUT2D eigenvalue weighted by atomic mass is 16.7. The number of H-pyrrole nitrogens is 1. The van der Waals surface area contributed by atoms with Gasteiger partial charge in [0.15, 0.2) is 23.1 Å². The van der Waals surface area contributed by atoms with Gasteiger partial charge in [-0.25, -0.2) is 0 Å². The molecule has 6 nitrogen and oxygen atoms in total. The highest BCUT2D eigenvalue weighted by molar-refractivity contribution is 6.05. The molecule has 0 radical (unpaired) electrons. The molecule has 0 bridgehead atoms. The van der Waals surface area contributed by atoms with Crippen molar-refractivity contribution < 1.29 is 19.1 Å². The minimum absolute atomic E-state index is 0.0265. The first-order chi connectivity index (χ1) is 12.3. The Labute approximate surface area is 153 Å². The van der Waals surface area contributed by atoms with Crippen LogP contribution in [0.1, 0.15) is 51.5 Å². The van der Waals surface area contributed by atoms with Gasteiger partial charge in [0.1, 0.15) is 0 Å². The van der Waals surface area contributed by atoms with Crippen molar-refractivity contribution in [2.24, 2.45) is 0 Å². The summed E-state index contributed by atoms with van der Waals surface area (Å²) in [5, 5.41) is 0. The monoisotopic (exact) mass is 356 g/mol. The number of ether oxygens (including phenoxy) is 2. The molecule has 6 heteroatoms. The average molecular weight is 356 g/mol. The minimum atomic E-state index is -0.336. The smallest absolute Gasteiger partial charge is 0.231 e. The summed E-state index contributed by atoms with van der Waals surface area (Å²) in [7, 11) is 1.91. The van der Waals surface area contributed by atoms with Crippen LogP contribution in [0.15, 0.2) is 18.2 Å². The fraction of sp³-hybridized carbons (Fsp3) is 0.400. The molecule has 3 rings (SSSR count). The van der Waals surface area contributed by atoms with E-state index < -0.39 is 0 Å². The van der Waals surface area contributed by atoms with E-state index in [9.17, 15) is 9.59 Å². The summed E-state index contributed by atoms with van der Waals surface area (Å²) < 4.78 is 10.7. The van der Waals surface area contributed by atoms with E-state index in [4.69, 9.17) is 9.47 Å². The molecule has 1 aliphatic heterocycles. The Hall–Kier alpha value is -2.60. The van der Waals surface area contributed by atoms with Crippen LogP contribution in [0, 0.1) is 13.8 Å². The van der Waals surface area contributed by atoms with Crippen molar-refractivity contribution in [1.29, 1.82) is 0 Å². The normalized spacial score (nSPS) is 13.9. The number of benzene rings is 1. The van der Waals surface area contributed by atoms with Gasteiger partial charge in [-0.2, -0.15) is 0 Å². The Balaban J connectivity index is 1.76. The van der Waals surface area contributed by atoms with Gasteiger partial charge in [0.2, 0.25) is 6.79 Å². The fourth-order valence-electron chi connectivity index (χ4n) is 3.40. The van der Waals surface area contributed by atoms with Crippen molar-refractivity contribution in [3.63, 3.8) is 0 Å². The molecule has 0 aliphatic carbocycles. The Morgan fingerprint density at radius 2 is 1.92 bits per heavy atom. The topological polar surface area (TPSA) is 71.6 Å². The first kappa shape index (κ1) is 18.2. The maximum Gasteiger partial charge on any atom is 0.231 e. The van der Waals surface area contributed by atoms with Crippen molar-refractivity contribution in [3.05, 3.63) is 46.3 Å². The van der Waals surface area contributed by atoms with Gasteiger partial charge in [-0.3, -0.25) is 14.5 Å². The standard InChI is InChI=1S/C20H24N2O4/c1-11-18(14(4)23)12(2)21-19(11)20(24)13(3)22(5)9-15-6-7-16-17(8-15)26-10-25-16/h6-8,13,21H,9-10H2,1-5H3/t13-/m1/s1. The van der Waals surface area contributed by atoms with E-state index in [0.717, 1.165) is 28.3 Å². The predicted octanol–water partition coefficient (Wildman–Crippen LogP) is 3.27. The number of hydrogen-bond donors (Lipinski definition) is 1. The lowest BCUT2D eigenvalue weighted by Crippen LogP contribution is -2.36. The van der Waals surface area contributed by atoms with Crippen LogP contribution in [0.3, 0.4) is 0 Å². The number of nitrogens with zero attached hydrogens (tertiary/aromatic N) is 1. The lowest BCUT2D eigenvalue weighted by atomic mass is 10.0. The molecule has 1 aromatic heterocycles. The van der Waals surface area contributed by atoms with E-state index in [-0.39, 0.29) is 24.4 Å². The zero-order valence-corrected chi connectivity index (χ0v) is 15.8. The van der Waals surface area contributed by atoms with Gasteiger partial charge in [0, 0.05) is 17.8 Å². The third-order valence-corrected chi connectivity index (χ3v) is 4.95. The molecule has 0 saturated carbocycles. The van der Waals surface area contributed by atoms with Crippen molar-refractivity contribution in [2.75, 3.05) is 13.8 Å². The van der Waals surface area contributed by atoms with Crippen LogP contribution < -0.4 is 9.47 Å². The molecule has 0 spiro atoms. The average Bonchev–Trinajstić information content (AvgIpc) is 3.16. The molecule has 26 heavy (non-hydrogen) atoms. The SMILES string of the molecule is CC(=O)c1c(C)[nH]c(C(=O)[C@@H](C)N(C)Cc2ccc3c(c2)OCO3)c1C. The largest absolute Gasteiger partial charge is 0.454 e. The van der Waals surface area contributed by atoms with E-state index in [0.29, 0.717) is 17.8 Å². The molecule has 2 aromatic rings. The predicted molar refractivity (Wildman–Crippen MR) is 98.1 cm³/mol. The molecule has 1 N–H and O–H groups in total. The molecular formula is C20H24N2O4. The van der Waals surface area contributed by atoms with Crippen LogP contribution in [-0.4, -0.2) is 41.3 Å². The van der Waals surface area contributed by atoms with E-state index in [1.165, 1.54) is 6.92 Å². The Morgan fingerprint density at radius 3 is 2.58 bits per heavy atom. The number of hydrogen-bond acceptors (Lipinski definition) is 5. The lowest BCUT2D eigenvalue weighted by molar-refractivity contribution is 0.0856. The van der Waals surface area contributed by atoms with Crippen LogP contribution in [-0.2, 0) is 6.54 Å². The summed E-state index contributed by atoms with van der Waals surface area (Å²) in [6, 6.07) is 5.46. The van der Waals surface area contributed by atoms with Crippen LogP contribution in [0.25, 0.3) is 0 Å². The molecule has 2 heterocycles. The minimum Gasteiger partial charge on any atom is -0.454 e. The fourth-order valence-corrected chi connectivity index (χ4v) is 3.40. The molecule has 0 amide bonds. The van der Waals surface area contributed by atoms with Gasteiger partial charge in [0.05, 0.1) is 11.7 Å². The number of ketones is 2. The Bertz CT molecular complexity index is 869. The first-order valence-corrected chi connectivity index (χ1v) is 8.62. The van der Waals surface area contributed by atoms with Crippen molar-refractivity contribution >= 4 is 11.6 Å². The number of nitrogens with one attached hydrogen (secondary N) is 1. The summed E-state index contributed by atoms with van der Waals surface area (Å²) in [5.74, 6) is 1.42. The van der Waals surface area contributed by atoms with Crippen molar-refractivity contribution in [1.82, 2.24) is 9.88 Å². The van der Waals surface area contributed by atoms with Gasteiger partial charge >= 0.3 is 0 Å². The number of Topliss-reactive ketones (excluding diaryl/α,β-unsaturated/α-hetero) is 2. The lowest BCUT2D eigenvalue weighted by Gasteiger charge is -2.23. The molecule has 1 aliphatic rings. The molecule has 1 atom stereocenters. The Morgan fingerprint density at radius 1 is 1.23 bits per heavy atom. The number of carbonyl (C=O) groups excluding carboxylic acids is 2. The summed E-state index contributed by atoms with van der Waals surface area (Å²) in [5.41, 5.74) is 3.63. The number of aryl methyl sites for hydroxylation is 1. The maximum absolute atomic E-state index is 12.9. The first-order valence-electron chi connectivity index (χ1n) is 8.62. The molecule has 1 aromatic carbocycles. The summed E-state index contributed by atoms with van der Waals surface area (Å²) in [4.78, 5) is 29.8. The maximum atomic E-state index is 12.9. The van der Waals surface area contributed by atoms with Crippen LogP contribution >= 0.6 is 0 Å². The van der Waals surface area contributed by atoms with Crippen molar-refractivity contribution in [3.8, 4) is 11.5 Å². The third kappa shape index (κ3) is 3.24. The van der Waals surface area contributed by atoms with Gasteiger partial charge in [0.25, 0.3) is 0 Å². The van der Waals surface area contributed by atoms with Gasteiger partial charge in [-0.05, 0) is 58.0 Å². The van der Waals surface area contributed by atoms with Gasteiger partial charge < -0.3 is 14.5 Å². The number of aromatic nitrogens is 1. The quantitative estimate of drug-likeness (QED) is 0.805. The molecule has 0 saturated heterocycles. The van der Waals surface area contributed by atoms with E-state index in [1.54, 1.807) is 0 Å². The number of aromatic amines is 1. The molecule has 0 fully saturated rings. The Kier molecular flexibility index (Phi) is 4.87. The number of fused-ring (bicyclic) bond motifs is 1. The zero-order valence-electron chi connectivity index (χ0n) is 15.8. The zero-order chi connectivity index (χ0) is 19.0. The van der Waals surface area contributed by atoms with Gasteiger partial charge in [-0.15, -0.1) is 0 Å². The summed E-state index contributed by atoms with van der Waals surface area (Å²) in [6.45, 7) is 7.87. The van der Waals surface area contributed by atoms with Crippen LogP contribution in [0.2, 0.25) is 0 Å². The number of rotatable bonds is 6.